The average Bonchev–Trinajstić information content (AvgIpc) is 2.05. The minimum absolute atomic E-state index is 0.0544. The Morgan fingerprint density at radius 3 is 2.92 bits per heavy atom. The topological polar surface area (TPSA) is 46.5 Å². The fourth-order valence-corrected chi connectivity index (χ4v) is 1.93. The van der Waals surface area contributed by atoms with Crippen LogP contribution >= 0.6 is 8.81 Å². The van der Waals surface area contributed by atoms with Gasteiger partial charge in [0.1, 0.15) is 0 Å². The zero-order valence-corrected chi connectivity index (χ0v) is 8.25. The van der Waals surface area contributed by atoms with Crippen LogP contribution in [0.4, 0.5) is 0 Å². The van der Waals surface area contributed by atoms with Crippen molar-refractivity contribution in [3.8, 4) is 0 Å². The first-order valence-electron chi connectivity index (χ1n) is 4.29. The van der Waals surface area contributed by atoms with Crippen molar-refractivity contribution in [3.63, 3.8) is 0 Å². The zero-order valence-electron chi connectivity index (χ0n) is 7.25. The highest BCUT2D eigenvalue weighted by molar-refractivity contribution is 7.31. The Labute approximate surface area is 74.4 Å². The lowest BCUT2D eigenvalue weighted by molar-refractivity contribution is -0.140. The molecule has 3 atom stereocenters. The summed E-state index contributed by atoms with van der Waals surface area (Å²) >= 11 is 0. The summed E-state index contributed by atoms with van der Waals surface area (Å²) in [5.41, 5.74) is 0. The maximum atomic E-state index is 11.2. The van der Waals surface area contributed by atoms with Crippen molar-refractivity contribution in [2.24, 2.45) is 5.92 Å². The molecule has 0 heterocycles. The van der Waals surface area contributed by atoms with Crippen LogP contribution in [0.5, 0.6) is 0 Å². The van der Waals surface area contributed by atoms with Gasteiger partial charge in [0, 0.05) is 0 Å². The summed E-state index contributed by atoms with van der Waals surface area (Å²) in [5.74, 6) is -0.184. The zero-order chi connectivity index (χ0) is 8.97. The van der Waals surface area contributed by atoms with E-state index in [4.69, 9.17) is 4.52 Å². The van der Waals surface area contributed by atoms with E-state index in [1.165, 1.54) is 0 Å². The van der Waals surface area contributed by atoms with Crippen molar-refractivity contribution in [1.29, 1.82) is 0 Å². The molecule has 3 unspecified atom stereocenters. The van der Waals surface area contributed by atoms with Crippen molar-refractivity contribution in [3.05, 3.63) is 0 Å². The third-order valence-electron chi connectivity index (χ3n) is 2.18. The normalized spacial score (nSPS) is 30.8. The van der Waals surface area contributed by atoms with Gasteiger partial charge in [-0.05, 0) is 25.9 Å². The van der Waals surface area contributed by atoms with Gasteiger partial charge in [0.2, 0.25) is 0 Å². The van der Waals surface area contributed by atoms with Crippen LogP contribution in [0.25, 0.3) is 0 Å². The number of hydrogen-bond donors (Lipinski definition) is 1. The van der Waals surface area contributed by atoms with E-state index in [1.54, 1.807) is 0 Å². The average molecular weight is 190 g/mol. The summed E-state index contributed by atoms with van der Waals surface area (Å²) in [6.07, 6.45) is 2.94. The lowest BCUT2D eigenvalue weighted by Gasteiger charge is -2.23. The van der Waals surface area contributed by atoms with Gasteiger partial charge in [-0.15, -0.1) is 0 Å². The van der Waals surface area contributed by atoms with Crippen LogP contribution < -0.4 is 0 Å². The van der Waals surface area contributed by atoms with Crippen LogP contribution in [0.2, 0.25) is 0 Å². The summed E-state index contributed by atoms with van der Waals surface area (Å²) < 4.78 is 4.91. The maximum absolute atomic E-state index is 11.2. The molecule has 0 aliphatic heterocycles. The molecule has 1 rings (SSSR count). The van der Waals surface area contributed by atoms with E-state index in [9.17, 15) is 9.90 Å². The molecule has 0 saturated heterocycles. The van der Waals surface area contributed by atoms with E-state index in [2.05, 4.69) is 0 Å². The number of carbonyl (C=O) groups is 1. The molecule has 1 aliphatic carbocycles. The van der Waals surface area contributed by atoms with E-state index in [1.807, 2.05) is 6.66 Å². The van der Waals surface area contributed by atoms with Crippen molar-refractivity contribution < 1.29 is 14.4 Å². The Balaban J connectivity index is 2.35. The van der Waals surface area contributed by atoms with E-state index >= 15 is 0 Å². The van der Waals surface area contributed by atoms with Gasteiger partial charge in [0.05, 0.1) is 20.8 Å². The van der Waals surface area contributed by atoms with Crippen molar-refractivity contribution in [1.82, 2.24) is 0 Å². The highest BCUT2D eigenvalue weighted by Gasteiger charge is 2.26. The van der Waals surface area contributed by atoms with Crippen LogP contribution in [0.1, 0.15) is 25.7 Å². The predicted molar refractivity (Wildman–Crippen MR) is 48.3 cm³/mol. The smallest absolute Gasteiger partial charge is 0.311 e. The third-order valence-corrected chi connectivity index (χ3v) is 2.59. The molecule has 0 amide bonds. The number of rotatable bonds is 2. The molecular formula is C8H15O3P. The van der Waals surface area contributed by atoms with Gasteiger partial charge < -0.3 is 9.63 Å². The molecule has 1 aliphatic rings. The van der Waals surface area contributed by atoms with Crippen LogP contribution in [0.15, 0.2) is 0 Å². The molecule has 1 saturated carbocycles. The van der Waals surface area contributed by atoms with E-state index in [0.717, 1.165) is 19.3 Å². The van der Waals surface area contributed by atoms with E-state index in [0.29, 0.717) is 6.42 Å². The molecule has 12 heavy (non-hydrogen) atoms. The van der Waals surface area contributed by atoms with Gasteiger partial charge in [-0.1, -0.05) is 6.42 Å². The van der Waals surface area contributed by atoms with Gasteiger partial charge in [-0.25, -0.2) is 0 Å². The summed E-state index contributed by atoms with van der Waals surface area (Å²) in [6, 6.07) is 0. The second-order valence-electron chi connectivity index (χ2n) is 3.14. The minimum Gasteiger partial charge on any atom is -0.448 e. The maximum Gasteiger partial charge on any atom is 0.311 e. The Bertz CT molecular complexity index is 160. The summed E-state index contributed by atoms with van der Waals surface area (Å²) in [6.45, 7) is 1.83. The third kappa shape index (κ3) is 2.72. The van der Waals surface area contributed by atoms with Gasteiger partial charge in [-0.3, -0.25) is 4.79 Å². The molecular weight excluding hydrogens is 175 g/mol. The molecule has 0 aromatic carbocycles. The molecule has 0 aromatic rings. The van der Waals surface area contributed by atoms with Crippen LogP contribution in [-0.4, -0.2) is 23.8 Å². The number of carbonyl (C=O) groups excluding carboxylic acids is 1. The highest BCUT2D eigenvalue weighted by Crippen LogP contribution is 2.26. The summed E-state index contributed by atoms with van der Waals surface area (Å²) in [4.78, 5) is 11.2. The second-order valence-corrected chi connectivity index (χ2v) is 3.75. The fraction of sp³-hybridized carbons (Fsp3) is 0.875. The molecule has 0 aromatic heterocycles. The Morgan fingerprint density at radius 2 is 2.33 bits per heavy atom. The first kappa shape index (κ1) is 9.94. The molecule has 0 bridgehead atoms. The molecule has 1 N–H and O–H groups in total. The largest absolute Gasteiger partial charge is 0.448 e. The standard InChI is InChI=1S/C8H15O3P/c1-12-11-8(10)6-3-2-4-7(9)5-6/h6-7,9,12H,2-5H2,1H3. The second kappa shape index (κ2) is 4.78. The molecule has 4 heteroatoms. The number of hydrogen-bond acceptors (Lipinski definition) is 3. The monoisotopic (exact) mass is 190 g/mol. The van der Waals surface area contributed by atoms with Gasteiger partial charge in [0.25, 0.3) is 0 Å². The van der Waals surface area contributed by atoms with Gasteiger partial charge in [-0.2, -0.15) is 0 Å². The lowest BCUT2D eigenvalue weighted by Crippen LogP contribution is -2.25. The number of aliphatic hydroxyl groups excluding tert-OH is 1. The Hall–Kier alpha value is -0.140. The molecule has 70 valence electrons. The first-order chi connectivity index (χ1) is 5.74. The SMILES string of the molecule is CPOC(=O)C1CCCC(O)C1. The Morgan fingerprint density at radius 1 is 1.58 bits per heavy atom. The van der Waals surface area contributed by atoms with Gasteiger partial charge >= 0.3 is 5.97 Å². The van der Waals surface area contributed by atoms with Crippen LogP contribution in [0.3, 0.4) is 0 Å². The van der Waals surface area contributed by atoms with E-state index < -0.39 is 0 Å². The van der Waals surface area contributed by atoms with Crippen LogP contribution in [0, 0.1) is 5.92 Å². The number of aliphatic hydroxyl groups is 1. The molecule has 1 fully saturated rings. The van der Waals surface area contributed by atoms with Crippen molar-refractivity contribution in [2.45, 2.75) is 31.8 Å². The molecule has 0 spiro atoms. The quantitative estimate of drug-likeness (QED) is 0.667. The van der Waals surface area contributed by atoms with Gasteiger partial charge in [0.15, 0.2) is 0 Å². The van der Waals surface area contributed by atoms with Crippen molar-refractivity contribution >= 4 is 14.8 Å². The molecule has 0 radical (unpaired) electrons. The predicted octanol–water partition coefficient (Wildman–Crippen LogP) is 1.30. The summed E-state index contributed by atoms with van der Waals surface area (Å²) in [5, 5.41) is 9.29. The first-order valence-corrected chi connectivity index (χ1v) is 5.70. The van der Waals surface area contributed by atoms with E-state index in [-0.39, 0.29) is 26.8 Å². The van der Waals surface area contributed by atoms with Crippen LogP contribution in [-0.2, 0) is 9.32 Å². The summed E-state index contributed by atoms with van der Waals surface area (Å²) in [7, 11) is 0.223. The lowest BCUT2D eigenvalue weighted by atomic mass is 9.87. The highest BCUT2D eigenvalue weighted by atomic mass is 31.1. The molecule has 3 nitrogen and oxygen atoms in total. The fourth-order valence-electron chi connectivity index (χ4n) is 1.56. The minimum atomic E-state index is -0.295. The Kier molecular flexibility index (Phi) is 3.96. The van der Waals surface area contributed by atoms with Crippen molar-refractivity contribution in [2.75, 3.05) is 6.66 Å².